The molecule has 0 radical (unpaired) electrons. The van der Waals surface area contributed by atoms with Gasteiger partial charge in [0.15, 0.2) is 0 Å². The van der Waals surface area contributed by atoms with Gasteiger partial charge in [-0.05, 0) is 55.4 Å². The topological polar surface area (TPSA) is 61.4 Å². The first kappa shape index (κ1) is 19.6. The predicted molar refractivity (Wildman–Crippen MR) is 111 cm³/mol. The Hall–Kier alpha value is -2.18. The van der Waals surface area contributed by atoms with E-state index in [2.05, 4.69) is 22.5 Å². The summed E-state index contributed by atoms with van der Waals surface area (Å²) in [7, 11) is 0. The molecular weight excluding hydrogens is 358 g/mol. The number of nitrogens with zero attached hydrogens (tertiary/aromatic N) is 1. The summed E-state index contributed by atoms with van der Waals surface area (Å²) >= 11 is 1.38. The Balaban J connectivity index is 1.55. The first-order valence-corrected chi connectivity index (χ1v) is 10.5. The number of thiophene rings is 1. The average Bonchev–Trinajstić information content (AvgIpc) is 3.22. The zero-order valence-corrected chi connectivity index (χ0v) is 16.6. The fraction of sp³-hybridized carbons (Fsp3) is 0.429. The van der Waals surface area contributed by atoms with E-state index in [-0.39, 0.29) is 11.8 Å². The maximum atomic E-state index is 12.7. The molecular formula is C21H27N3O2S. The number of carbonyl (C=O) groups is 2. The lowest BCUT2D eigenvalue weighted by Crippen LogP contribution is -2.38. The van der Waals surface area contributed by atoms with Gasteiger partial charge >= 0.3 is 0 Å². The Bertz CT molecular complexity index is 755. The number of hydrogen-bond donors (Lipinski definition) is 2. The Morgan fingerprint density at radius 3 is 2.59 bits per heavy atom. The quantitative estimate of drug-likeness (QED) is 0.761. The van der Waals surface area contributed by atoms with Crippen LogP contribution in [0.5, 0.6) is 0 Å². The average molecular weight is 386 g/mol. The number of anilines is 1. The van der Waals surface area contributed by atoms with Crippen LogP contribution in [-0.2, 0) is 0 Å². The molecule has 2 heterocycles. The molecule has 6 heteroatoms. The third-order valence-electron chi connectivity index (χ3n) is 4.79. The molecule has 0 bridgehead atoms. The molecule has 2 N–H and O–H groups in total. The molecule has 2 amide bonds. The molecule has 2 aromatic rings. The van der Waals surface area contributed by atoms with Gasteiger partial charge < -0.3 is 15.5 Å². The standard InChI is InChI=1S/C21H27N3O2S/c1-16(15-24-11-5-2-6-12-24)14-22-20(25)17-8-3-4-9-18(17)23-21(26)19-10-7-13-27-19/h3-4,7-10,13,16H,2,5-6,11-12,14-15H2,1H3,(H,22,25)(H,23,26). The van der Waals surface area contributed by atoms with Crippen molar-refractivity contribution >= 4 is 28.8 Å². The molecule has 144 valence electrons. The summed E-state index contributed by atoms with van der Waals surface area (Å²) in [5.41, 5.74) is 1.03. The Labute approximate surface area is 164 Å². The Kier molecular flexibility index (Phi) is 7.01. The molecule has 0 saturated carbocycles. The van der Waals surface area contributed by atoms with Crippen molar-refractivity contribution in [2.75, 3.05) is 31.5 Å². The van der Waals surface area contributed by atoms with Crippen molar-refractivity contribution in [3.63, 3.8) is 0 Å². The molecule has 0 aliphatic carbocycles. The number of rotatable bonds is 7. The van der Waals surface area contributed by atoms with E-state index in [1.165, 1.54) is 30.6 Å². The van der Waals surface area contributed by atoms with Crippen LogP contribution < -0.4 is 10.6 Å². The van der Waals surface area contributed by atoms with Crippen LogP contribution in [0.2, 0.25) is 0 Å². The summed E-state index contributed by atoms with van der Waals surface area (Å²) in [4.78, 5) is 28.1. The van der Waals surface area contributed by atoms with Gasteiger partial charge in [-0.1, -0.05) is 31.5 Å². The van der Waals surface area contributed by atoms with Crippen LogP contribution in [0.25, 0.3) is 0 Å². The summed E-state index contributed by atoms with van der Waals surface area (Å²) in [6.07, 6.45) is 3.88. The first-order valence-electron chi connectivity index (χ1n) is 9.58. The fourth-order valence-electron chi connectivity index (χ4n) is 3.39. The van der Waals surface area contributed by atoms with Crippen molar-refractivity contribution in [3.8, 4) is 0 Å². The number of likely N-dealkylation sites (tertiary alicyclic amines) is 1. The van der Waals surface area contributed by atoms with Crippen LogP contribution in [0.3, 0.4) is 0 Å². The largest absolute Gasteiger partial charge is 0.352 e. The van der Waals surface area contributed by atoms with Crippen LogP contribution in [0.15, 0.2) is 41.8 Å². The highest BCUT2D eigenvalue weighted by molar-refractivity contribution is 7.12. The van der Waals surface area contributed by atoms with Gasteiger partial charge in [0.1, 0.15) is 0 Å². The number of carbonyl (C=O) groups excluding carboxylic acids is 2. The van der Waals surface area contributed by atoms with Crippen molar-refractivity contribution in [1.29, 1.82) is 0 Å². The third kappa shape index (κ3) is 5.65. The minimum Gasteiger partial charge on any atom is -0.352 e. The second kappa shape index (κ2) is 9.67. The zero-order valence-electron chi connectivity index (χ0n) is 15.7. The van der Waals surface area contributed by atoms with E-state index in [4.69, 9.17) is 0 Å². The maximum Gasteiger partial charge on any atom is 0.265 e. The number of para-hydroxylation sites is 1. The molecule has 1 unspecified atom stereocenters. The summed E-state index contributed by atoms with van der Waals surface area (Å²) in [5.74, 6) is 0.0474. The van der Waals surface area contributed by atoms with Gasteiger partial charge in [0.2, 0.25) is 0 Å². The van der Waals surface area contributed by atoms with Gasteiger partial charge in [-0.2, -0.15) is 0 Å². The van der Waals surface area contributed by atoms with Crippen molar-refractivity contribution in [2.45, 2.75) is 26.2 Å². The number of piperidine rings is 1. The zero-order chi connectivity index (χ0) is 19.1. The van der Waals surface area contributed by atoms with E-state index in [1.54, 1.807) is 18.2 Å². The van der Waals surface area contributed by atoms with Crippen LogP contribution in [0, 0.1) is 5.92 Å². The van der Waals surface area contributed by atoms with Crippen molar-refractivity contribution in [2.24, 2.45) is 5.92 Å². The molecule has 1 fully saturated rings. The normalized spacial score (nSPS) is 15.9. The monoisotopic (exact) mass is 385 g/mol. The predicted octanol–water partition coefficient (Wildman–Crippen LogP) is 3.85. The minimum absolute atomic E-state index is 0.150. The summed E-state index contributed by atoms with van der Waals surface area (Å²) in [6, 6.07) is 10.7. The molecule has 1 aromatic heterocycles. The van der Waals surface area contributed by atoms with Crippen LogP contribution in [0.1, 0.15) is 46.2 Å². The molecule has 1 saturated heterocycles. The van der Waals surface area contributed by atoms with Crippen molar-refractivity contribution in [1.82, 2.24) is 10.2 Å². The summed E-state index contributed by atoms with van der Waals surface area (Å²) < 4.78 is 0. The Morgan fingerprint density at radius 1 is 1.07 bits per heavy atom. The lowest BCUT2D eigenvalue weighted by atomic mass is 10.1. The van der Waals surface area contributed by atoms with E-state index in [9.17, 15) is 9.59 Å². The van der Waals surface area contributed by atoms with Crippen molar-refractivity contribution < 1.29 is 9.59 Å². The molecule has 27 heavy (non-hydrogen) atoms. The van der Waals surface area contributed by atoms with E-state index in [0.29, 0.717) is 28.6 Å². The Morgan fingerprint density at radius 2 is 1.85 bits per heavy atom. The number of benzene rings is 1. The van der Waals surface area contributed by atoms with Crippen LogP contribution in [0.4, 0.5) is 5.69 Å². The van der Waals surface area contributed by atoms with Gasteiger partial charge in [0, 0.05) is 13.1 Å². The highest BCUT2D eigenvalue weighted by Crippen LogP contribution is 2.18. The lowest BCUT2D eigenvalue weighted by Gasteiger charge is -2.29. The second-order valence-corrected chi connectivity index (χ2v) is 8.10. The third-order valence-corrected chi connectivity index (χ3v) is 5.66. The number of nitrogens with one attached hydrogen (secondary N) is 2. The van der Waals surface area contributed by atoms with Gasteiger partial charge in [0.25, 0.3) is 11.8 Å². The summed E-state index contributed by atoms with van der Waals surface area (Å²) in [6.45, 7) is 6.13. The first-order chi connectivity index (χ1) is 13.1. The smallest absolute Gasteiger partial charge is 0.265 e. The lowest BCUT2D eigenvalue weighted by molar-refractivity contribution is 0.0943. The molecule has 1 aromatic carbocycles. The van der Waals surface area contributed by atoms with Gasteiger partial charge in [-0.25, -0.2) is 0 Å². The van der Waals surface area contributed by atoms with E-state index in [1.807, 2.05) is 23.6 Å². The maximum absolute atomic E-state index is 12.7. The SMILES string of the molecule is CC(CNC(=O)c1ccccc1NC(=O)c1cccs1)CN1CCCCC1. The number of amides is 2. The van der Waals surface area contributed by atoms with Crippen molar-refractivity contribution in [3.05, 3.63) is 52.2 Å². The van der Waals surface area contributed by atoms with Gasteiger partial charge in [-0.15, -0.1) is 11.3 Å². The number of hydrogen-bond acceptors (Lipinski definition) is 4. The second-order valence-electron chi connectivity index (χ2n) is 7.15. The van der Waals surface area contributed by atoms with E-state index in [0.717, 1.165) is 19.6 Å². The highest BCUT2D eigenvalue weighted by Gasteiger charge is 2.17. The molecule has 1 aliphatic heterocycles. The molecule has 1 aliphatic rings. The van der Waals surface area contributed by atoms with Gasteiger partial charge in [0.05, 0.1) is 16.1 Å². The fourth-order valence-corrected chi connectivity index (χ4v) is 4.01. The van der Waals surface area contributed by atoms with E-state index >= 15 is 0 Å². The summed E-state index contributed by atoms with van der Waals surface area (Å²) in [5, 5.41) is 7.73. The van der Waals surface area contributed by atoms with Crippen LogP contribution >= 0.6 is 11.3 Å². The molecule has 1 atom stereocenters. The highest BCUT2D eigenvalue weighted by atomic mass is 32.1. The minimum atomic E-state index is -0.191. The molecule has 3 rings (SSSR count). The van der Waals surface area contributed by atoms with Crippen LogP contribution in [-0.4, -0.2) is 42.9 Å². The van der Waals surface area contributed by atoms with E-state index < -0.39 is 0 Å². The van der Waals surface area contributed by atoms with Gasteiger partial charge in [-0.3, -0.25) is 9.59 Å². The molecule has 5 nitrogen and oxygen atoms in total. The molecule has 0 spiro atoms.